The fourth-order valence-corrected chi connectivity index (χ4v) is 2.86. The van der Waals surface area contributed by atoms with Gasteiger partial charge in [-0.25, -0.2) is 0 Å². The van der Waals surface area contributed by atoms with Gasteiger partial charge in [0.25, 0.3) is 0 Å². The molecule has 110 valence electrons. The van der Waals surface area contributed by atoms with Crippen LogP contribution in [0.15, 0.2) is 83.0 Å². The summed E-state index contributed by atoms with van der Waals surface area (Å²) in [6.45, 7) is 4.32. The Morgan fingerprint density at radius 2 is 1.32 bits per heavy atom. The van der Waals surface area contributed by atoms with Crippen LogP contribution in [0.3, 0.4) is 0 Å². The lowest BCUT2D eigenvalue weighted by atomic mass is 9.93. The lowest BCUT2D eigenvalue weighted by molar-refractivity contribution is 1.00. The second-order valence-electron chi connectivity index (χ2n) is 5.77. The zero-order valence-corrected chi connectivity index (χ0v) is 13.2. The number of benzene rings is 2. The van der Waals surface area contributed by atoms with Gasteiger partial charge >= 0.3 is 0 Å². The fraction of sp³-hybridized carbons (Fsp3) is 0.190. The third kappa shape index (κ3) is 3.25. The standard InChI is InChI=1S/C21H21N/c1-16-13-14-21(19-11-7-4-8-12-19)22-17(2)15-20(16)18-9-5-3-6-10-18/h3-12,15H,13-14H2,1-2H3/b17-15-,20-16-,22-21?. The van der Waals surface area contributed by atoms with Crippen LogP contribution in [0.25, 0.3) is 5.57 Å². The molecule has 0 aliphatic carbocycles. The van der Waals surface area contributed by atoms with Crippen molar-refractivity contribution >= 4 is 11.3 Å². The largest absolute Gasteiger partial charge is 0.258 e. The summed E-state index contributed by atoms with van der Waals surface area (Å²) >= 11 is 0. The molecule has 0 fully saturated rings. The summed E-state index contributed by atoms with van der Waals surface area (Å²) in [6, 6.07) is 21.1. The molecular formula is C21H21N. The van der Waals surface area contributed by atoms with Crippen LogP contribution < -0.4 is 0 Å². The summed E-state index contributed by atoms with van der Waals surface area (Å²) in [5, 5.41) is 0. The average Bonchev–Trinajstić information content (AvgIpc) is 2.56. The number of hydrogen-bond donors (Lipinski definition) is 0. The van der Waals surface area contributed by atoms with Crippen molar-refractivity contribution in [2.75, 3.05) is 0 Å². The number of hydrogen-bond acceptors (Lipinski definition) is 1. The van der Waals surface area contributed by atoms with E-state index in [1.54, 1.807) is 0 Å². The second kappa shape index (κ2) is 6.57. The van der Waals surface area contributed by atoms with E-state index in [2.05, 4.69) is 74.5 Å². The molecule has 0 bridgehead atoms. The predicted molar refractivity (Wildman–Crippen MR) is 95.0 cm³/mol. The summed E-state index contributed by atoms with van der Waals surface area (Å²) in [7, 11) is 0. The van der Waals surface area contributed by atoms with Crippen molar-refractivity contribution in [1.82, 2.24) is 0 Å². The van der Waals surface area contributed by atoms with E-state index in [1.807, 2.05) is 6.07 Å². The molecule has 2 aromatic rings. The minimum absolute atomic E-state index is 0.983. The van der Waals surface area contributed by atoms with Crippen LogP contribution in [0, 0.1) is 0 Å². The van der Waals surface area contributed by atoms with E-state index < -0.39 is 0 Å². The summed E-state index contributed by atoms with van der Waals surface area (Å²) in [5.74, 6) is 0. The maximum absolute atomic E-state index is 4.86. The lowest BCUT2D eigenvalue weighted by Crippen LogP contribution is -2.04. The highest BCUT2D eigenvalue weighted by atomic mass is 14.8. The van der Waals surface area contributed by atoms with Gasteiger partial charge in [-0.3, -0.25) is 4.99 Å². The minimum atomic E-state index is 0.983. The highest BCUT2D eigenvalue weighted by Crippen LogP contribution is 2.27. The molecule has 1 heteroatoms. The van der Waals surface area contributed by atoms with E-state index in [0.29, 0.717) is 0 Å². The van der Waals surface area contributed by atoms with Gasteiger partial charge in [0, 0.05) is 11.4 Å². The Balaban J connectivity index is 1.99. The highest BCUT2D eigenvalue weighted by molar-refractivity contribution is 6.01. The molecule has 0 spiro atoms. The highest BCUT2D eigenvalue weighted by Gasteiger charge is 2.11. The van der Waals surface area contributed by atoms with E-state index in [9.17, 15) is 0 Å². The van der Waals surface area contributed by atoms with Crippen LogP contribution in [0.2, 0.25) is 0 Å². The Morgan fingerprint density at radius 1 is 0.727 bits per heavy atom. The van der Waals surface area contributed by atoms with Gasteiger partial charge in [-0.15, -0.1) is 0 Å². The molecule has 0 radical (unpaired) electrons. The topological polar surface area (TPSA) is 12.4 Å². The van der Waals surface area contributed by atoms with Crippen LogP contribution in [0.5, 0.6) is 0 Å². The third-order valence-electron chi connectivity index (χ3n) is 4.05. The smallest absolute Gasteiger partial charge is 0.0482 e. The van der Waals surface area contributed by atoms with Crippen molar-refractivity contribution in [3.05, 3.63) is 89.1 Å². The molecule has 1 aliphatic rings. The van der Waals surface area contributed by atoms with Crippen molar-refractivity contribution in [1.29, 1.82) is 0 Å². The van der Waals surface area contributed by atoms with Crippen molar-refractivity contribution in [3.63, 3.8) is 0 Å². The van der Waals surface area contributed by atoms with E-state index in [-0.39, 0.29) is 0 Å². The average molecular weight is 287 g/mol. The first-order valence-electron chi connectivity index (χ1n) is 7.80. The van der Waals surface area contributed by atoms with Crippen LogP contribution in [-0.2, 0) is 0 Å². The molecule has 0 atom stereocenters. The Kier molecular flexibility index (Phi) is 4.34. The summed E-state index contributed by atoms with van der Waals surface area (Å²) in [4.78, 5) is 4.86. The first kappa shape index (κ1) is 14.5. The molecule has 1 aliphatic heterocycles. The Hall–Kier alpha value is -2.41. The van der Waals surface area contributed by atoms with Crippen LogP contribution >= 0.6 is 0 Å². The Morgan fingerprint density at radius 3 is 1.95 bits per heavy atom. The number of allylic oxidation sites excluding steroid dienone is 4. The second-order valence-corrected chi connectivity index (χ2v) is 5.77. The number of rotatable bonds is 2. The van der Waals surface area contributed by atoms with Gasteiger partial charge < -0.3 is 0 Å². The van der Waals surface area contributed by atoms with Crippen LogP contribution in [0.4, 0.5) is 0 Å². The fourth-order valence-electron chi connectivity index (χ4n) is 2.86. The number of aliphatic imine (C=N–C) groups is 1. The first-order valence-corrected chi connectivity index (χ1v) is 7.80. The quantitative estimate of drug-likeness (QED) is 0.677. The molecule has 2 aromatic carbocycles. The lowest BCUT2D eigenvalue weighted by Gasteiger charge is -2.15. The van der Waals surface area contributed by atoms with Crippen molar-refractivity contribution < 1.29 is 0 Å². The molecular weight excluding hydrogens is 266 g/mol. The minimum Gasteiger partial charge on any atom is -0.258 e. The van der Waals surface area contributed by atoms with Crippen molar-refractivity contribution in [2.24, 2.45) is 4.99 Å². The summed E-state index contributed by atoms with van der Waals surface area (Å²) in [6.07, 6.45) is 4.24. The zero-order chi connectivity index (χ0) is 15.4. The van der Waals surface area contributed by atoms with Gasteiger partial charge in [-0.05, 0) is 49.5 Å². The van der Waals surface area contributed by atoms with Crippen molar-refractivity contribution in [3.8, 4) is 0 Å². The Labute approximate surface area is 132 Å². The molecule has 0 saturated carbocycles. The van der Waals surface area contributed by atoms with Gasteiger partial charge in [0.2, 0.25) is 0 Å². The van der Waals surface area contributed by atoms with Gasteiger partial charge in [0.1, 0.15) is 0 Å². The van der Waals surface area contributed by atoms with Crippen LogP contribution in [-0.4, -0.2) is 5.71 Å². The molecule has 1 heterocycles. The maximum atomic E-state index is 4.86. The number of nitrogens with zero attached hydrogens (tertiary/aromatic N) is 1. The molecule has 22 heavy (non-hydrogen) atoms. The summed E-state index contributed by atoms with van der Waals surface area (Å²) in [5.41, 5.74) is 7.49. The summed E-state index contributed by atoms with van der Waals surface area (Å²) < 4.78 is 0. The van der Waals surface area contributed by atoms with Crippen LogP contribution in [0.1, 0.15) is 37.8 Å². The van der Waals surface area contributed by atoms with E-state index in [4.69, 9.17) is 4.99 Å². The van der Waals surface area contributed by atoms with E-state index >= 15 is 0 Å². The maximum Gasteiger partial charge on any atom is 0.0482 e. The van der Waals surface area contributed by atoms with E-state index in [0.717, 1.165) is 18.5 Å². The van der Waals surface area contributed by atoms with Crippen molar-refractivity contribution in [2.45, 2.75) is 26.7 Å². The van der Waals surface area contributed by atoms with Gasteiger partial charge in [0.15, 0.2) is 0 Å². The Bertz CT molecular complexity index is 734. The molecule has 0 saturated heterocycles. The molecule has 0 N–H and O–H groups in total. The third-order valence-corrected chi connectivity index (χ3v) is 4.05. The predicted octanol–water partition coefficient (Wildman–Crippen LogP) is 5.65. The SMILES string of the molecule is C/C1=C/C(c2ccccc2)=C(\C)CCC(c2ccccc2)=N1. The van der Waals surface area contributed by atoms with Gasteiger partial charge in [-0.2, -0.15) is 0 Å². The monoisotopic (exact) mass is 287 g/mol. The molecule has 0 aromatic heterocycles. The molecule has 1 nitrogen and oxygen atoms in total. The zero-order valence-electron chi connectivity index (χ0n) is 13.2. The van der Waals surface area contributed by atoms with Gasteiger partial charge in [-0.1, -0.05) is 66.2 Å². The first-order chi connectivity index (χ1) is 10.7. The van der Waals surface area contributed by atoms with Gasteiger partial charge in [0.05, 0.1) is 0 Å². The molecule has 0 unspecified atom stereocenters. The normalized spacial score (nSPS) is 21.4. The molecule has 3 rings (SSSR count). The molecule has 0 amide bonds. The van der Waals surface area contributed by atoms with E-state index in [1.165, 1.54) is 28.0 Å².